The first-order valence-corrected chi connectivity index (χ1v) is 6.31. The van der Waals surface area contributed by atoms with Crippen molar-refractivity contribution in [3.8, 4) is 5.88 Å². The molecular formula is C12H18F3N3O2. The monoisotopic (exact) mass is 293 g/mol. The van der Waals surface area contributed by atoms with Gasteiger partial charge in [0.25, 0.3) is 0 Å². The van der Waals surface area contributed by atoms with Crippen LogP contribution in [0.3, 0.4) is 0 Å². The zero-order valence-corrected chi connectivity index (χ0v) is 11.6. The molecule has 0 radical (unpaired) electrons. The number of aromatic nitrogens is 2. The van der Waals surface area contributed by atoms with Gasteiger partial charge >= 0.3 is 6.18 Å². The Balaban J connectivity index is 2.91. The number of halogens is 3. The molecule has 0 aliphatic heterocycles. The van der Waals surface area contributed by atoms with E-state index in [9.17, 15) is 13.2 Å². The molecule has 0 bridgehead atoms. The molecule has 8 heteroatoms. The number of nitrogens with zero attached hydrogens (tertiary/aromatic N) is 2. The van der Waals surface area contributed by atoms with Crippen molar-refractivity contribution in [1.29, 1.82) is 0 Å². The number of ether oxygens (including phenoxy) is 2. The van der Waals surface area contributed by atoms with Crippen LogP contribution in [0.5, 0.6) is 5.88 Å². The van der Waals surface area contributed by atoms with E-state index in [1.165, 1.54) is 6.07 Å². The molecule has 1 unspecified atom stereocenters. The predicted molar refractivity (Wildman–Crippen MR) is 67.8 cm³/mol. The summed E-state index contributed by atoms with van der Waals surface area (Å²) in [7, 11) is 0. The first-order valence-electron chi connectivity index (χ1n) is 6.31. The zero-order valence-electron chi connectivity index (χ0n) is 11.6. The second-order valence-electron chi connectivity index (χ2n) is 4.03. The van der Waals surface area contributed by atoms with E-state index < -0.39 is 18.1 Å². The predicted octanol–water partition coefficient (Wildman–Crippen LogP) is 2.73. The summed E-state index contributed by atoms with van der Waals surface area (Å²) in [4.78, 5) is 6.79. The van der Waals surface area contributed by atoms with Gasteiger partial charge in [-0.15, -0.1) is 0 Å². The molecule has 0 amide bonds. The fourth-order valence-electron chi connectivity index (χ4n) is 1.41. The normalized spacial score (nSPS) is 13.1. The average Bonchev–Trinajstić information content (AvgIpc) is 2.35. The van der Waals surface area contributed by atoms with Gasteiger partial charge < -0.3 is 14.8 Å². The lowest BCUT2D eigenvalue weighted by Crippen LogP contribution is -2.21. The summed E-state index contributed by atoms with van der Waals surface area (Å²) in [5.74, 6) is -1.28. The highest BCUT2D eigenvalue weighted by Crippen LogP contribution is 2.29. The number of anilines is 1. The molecule has 1 aromatic rings. The smallest absolute Gasteiger partial charge is 0.451 e. The highest BCUT2D eigenvalue weighted by Gasteiger charge is 2.35. The van der Waals surface area contributed by atoms with Gasteiger partial charge in [0, 0.05) is 19.2 Å². The Morgan fingerprint density at radius 3 is 2.55 bits per heavy atom. The minimum absolute atomic E-state index is 0.0773. The van der Waals surface area contributed by atoms with Gasteiger partial charge in [-0.3, -0.25) is 0 Å². The Morgan fingerprint density at radius 1 is 1.30 bits per heavy atom. The Kier molecular flexibility index (Phi) is 6.00. The molecule has 0 aliphatic rings. The van der Waals surface area contributed by atoms with Crippen LogP contribution in [0.1, 0.15) is 26.6 Å². The van der Waals surface area contributed by atoms with Crippen molar-refractivity contribution in [1.82, 2.24) is 9.97 Å². The molecular weight excluding hydrogens is 275 g/mol. The maximum Gasteiger partial charge on any atom is 0.451 e. The van der Waals surface area contributed by atoms with Crippen molar-refractivity contribution < 1.29 is 22.6 Å². The van der Waals surface area contributed by atoms with E-state index >= 15 is 0 Å². The highest BCUT2D eigenvalue weighted by molar-refractivity contribution is 5.38. The Morgan fingerprint density at radius 2 is 2.00 bits per heavy atom. The Labute approximate surface area is 115 Å². The fourth-order valence-corrected chi connectivity index (χ4v) is 1.41. The van der Waals surface area contributed by atoms with Crippen LogP contribution in [-0.4, -0.2) is 35.8 Å². The van der Waals surface area contributed by atoms with Crippen LogP contribution in [-0.2, 0) is 10.9 Å². The largest absolute Gasteiger partial charge is 0.472 e. The van der Waals surface area contributed by atoms with Gasteiger partial charge in [-0.05, 0) is 20.8 Å². The Hall–Kier alpha value is -1.57. The van der Waals surface area contributed by atoms with Gasteiger partial charge in [0.2, 0.25) is 11.7 Å². The van der Waals surface area contributed by atoms with Crippen LogP contribution in [0.2, 0.25) is 0 Å². The van der Waals surface area contributed by atoms with Crippen molar-refractivity contribution in [3.05, 3.63) is 11.9 Å². The molecule has 1 rings (SSSR count). The van der Waals surface area contributed by atoms with Crippen LogP contribution < -0.4 is 10.1 Å². The highest BCUT2D eigenvalue weighted by atomic mass is 19.4. The van der Waals surface area contributed by atoms with E-state index in [1.54, 1.807) is 13.8 Å². The number of hydrogen-bond acceptors (Lipinski definition) is 5. The van der Waals surface area contributed by atoms with Gasteiger partial charge in [0.1, 0.15) is 11.9 Å². The molecule has 5 nitrogen and oxygen atoms in total. The topological polar surface area (TPSA) is 56.3 Å². The third-order valence-electron chi connectivity index (χ3n) is 2.19. The second-order valence-corrected chi connectivity index (χ2v) is 4.03. The maximum atomic E-state index is 12.7. The Bertz CT molecular complexity index is 427. The molecule has 0 saturated heterocycles. The average molecular weight is 293 g/mol. The van der Waals surface area contributed by atoms with Gasteiger partial charge in [0.15, 0.2) is 0 Å². The van der Waals surface area contributed by atoms with E-state index in [0.717, 1.165) is 0 Å². The van der Waals surface area contributed by atoms with Gasteiger partial charge in [-0.1, -0.05) is 0 Å². The molecule has 1 aromatic heterocycles. The van der Waals surface area contributed by atoms with E-state index in [1.807, 2.05) is 6.92 Å². The van der Waals surface area contributed by atoms with Crippen molar-refractivity contribution in [2.45, 2.75) is 33.1 Å². The van der Waals surface area contributed by atoms with E-state index in [2.05, 4.69) is 15.3 Å². The first-order chi connectivity index (χ1) is 9.36. The standard InChI is InChI=1S/C12H18F3N3O2/c1-4-16-9-6-10(20-8(3)7-19-5-2)18-11(17-9)12(13,14)15/h6,8H,4-5,7H2,1-3H3,(H,16,17,18). The van der Waals surface area contributed by atoms with Gasteiger partial charge in [-0.2, -0.15) is 18.2 Å². The molecule has 20 heavy (non-hydrogen) atoms. The molecule has 1 N–H and O–H groups in total. The summed E-state index contributed by atoms with van der Waals surface area (Å²) >= 11 is 0. The number of nitrogens with one attached hydrogen (secondary N) is 1. The molecule has 0 saturated carbocycles. The lowest BCUT2D eigenvalue weighted by atomic mass is 10.4. The van der Waals surface area contributed by atoms with Crippen LogP contribution in [0.4, 0.5) is 19.0 Å². The summed E-state index contributed by atoms with van der Waals surface area (Å²) in [6, 6.07) is 1.33. The fraction of sp³-hybridized carbons (Fsp3) is 0.667. The SMILES string of the molecule is CCNc1cc(OC(C)COCC)nc(C(F)(F)F)n1. The van der Waals surface area contributed by atoms with Gasteiger partial charge in [-0.25, -0.2) is 4.98 Å². The zero-order chi connectivity index (χ0) is 15.2. The van der Waals surface area contributed by atoms with E-state index in [-0.39, 0.29) is 18.3 Å². The van der Waals surface area contributed by atoms with Crippen molar-refractivity contribution in [2.24, 2.45) is 0 Å². The van der Waals surface area contributed by atoms with Crippen LogP contribution in [0.15, 0.2) is 6.07 Å². The maximum absolute atomic E-state index is 12.7. The lowest BCUT2D eigenvalue weighted by Gasteiger charge is -2.16. The molecule has 0 aliphatic carbocycles. The third kappa shape index (κ3) is 5.20. The minimum Gasteiger partial charge on any atom is -0.472 e. The second kappa shape index (κ2) is 7.28. The number of hydrogen-bond donors (Lipinski definition) is 1. The van der Waals surface area contributed by atoms with Crippen molar-refractivity contribution in [3.63, 3.8) is 0 Å². The molecule has 114 valence electrons. The number of alkyl halides is 3. The summed E-state index contributed by atoms with van der Waals surface area (Å²) in [6.45, 7) is 6.50. The van der Waals surface area contributed by atoms with Crippen LogP contribution in [0, 0.1) is 0 Å². The molecule has 0 fully saturated rings. The van der Waals surface area contributed by atoms with Crippen LogP contribution >= 0.6 is 0 Å². The molecule has 0 spiro atoms. The van der Waals surface area contributed by atoms with Crippen molar-refractivity contribution in [2.75, 3.05) is 25.1 Å². The van der Waals surface area contributed by atoms with E-state index in [4.69, 9.17) is 9.47 Å². The summed E-state index contributed by atoms with van der Waals surface area (Å²) < 4.78 is 48.5. The molecule has 0 aromatic carbocycles. The summed E-state index contributed by atoms with van der Waals surface area (Å²) in [6.07, 6.45) is -5.02. The summed E-state index contributed by atoms with van der Waals surface area (Å²) in [5.41, 5.74) is 0. The number of rotatable bonds is 7. The third-order valence-corrected chi connectivity index (χ3v) is 2.19. The quantitative estimate of drug-likeness (QED) is 0.837. The lowest BCUT2D eigenvalue weighted by molar-refractivity contribution is -0.145. The summed E-state index contributed by atoms with van der Waals surface area (Å²) in [5, 5.41) is 2.71. The molecule has 1 heterocycles. The van der Waals surface area contributed by atoms with Crippen LogP contribution in [0.25, 0.3) is 0 Å². The van der Waals surface area contributed by atoms with E-state index in [0.29, 0.717) is 13.2 Å². The first kappa shape index (κ1) is 16.5. The minimum atomic E-state index is -4.62. The molecule has 1 atom stereocenters. The van der Waals surface area contributed by atoms with Crippen molar-refractivity contribution >= 4 is 5.82 Å². The van der Waals surface area contributed by atoms with Gasteiger partial charge in [0.05, 0.1) is 6.61 Å².